The summed E-state index contributed by atoms with van der Waals surface area (Å²) in [6.07, 6.45) is 9.31. The average Bonchev–Trinajstić information content (AvgIpc) is 3.46. The molecule has 1 aliphatic heterocycles. The summed E-state index contributed by atoms with van der Waals surface area (Å²) < 4.78 is 21.0. The number of esters is 1. The number of aliphatic hydroxyl groups is 1. The summed E-state index contributed by atoms with van der Waals surface area (Å²) in [5.41, 5.74) is 0. The summed E-state index contributed by atoms with van der Waals surface area (Å²) in [4.78, 5) is 23.4. The van der Waals surface area contributed by atoms with E-state index in [2.05, 4.69) is 0 Å². The van der Waals surface area contributed by atoms with Gasteiger partial charge in [-0.1, -0.05) is 6.42 Å². The van der Waals surface area contributed by atoms with Gasteiger partial charge in [0.2, 0.25) is 0 Å². The molecule has 7 heteroatoms. The van der Waals surface area contributed by atoms with Gasteiger partial charge in [0.25, 0.3) is 0 Å². The first kappa shape index (κ1) is 21.4. The summed E-state index contributed by atoms with van der Waals surface area (Å²) in [6.45, 7) is 1.13. The van der Waals surface area contributed by atoms with Gasteiger partial charge in [-0.3, -0.25) is 4.79 Å². The Morgan fingerprint density at radius 3 is 2.50 bits per heavy atom. The average molecular weight is 398 g/mol. The summed E-state index contributed by atoms with van der Waals surface area (Å²) in [5, 5.41) is 9.61. The highest BCUT2D eigenvalue weighted by molar-refractivity contribution is 5.69. The number of carbonyl (C=O) groups excluding carboxylic acids is 2. The standard InChI is InChI=1S/C21H34O7/c22-17-6-4-5-15(11-17)14-27-21(24)25-10-3-1-2-7-20(23)26-13-16-8-9-18-19(12-16)28-18/h15-19,22H,1-14H2. The first-order valence-electron chi connectivity index (χ1n) is 10.9. The number of carbonyl (C=O) groups is 2. The van der Waals surface area contributed by atoms with E-state index < -0.39 is 6.16 Å². The number of hydrogen-bond donors (Lipinski definition) is 1. The normalized spacial score (nSPS) is 31.5. The maximum atomic E-state index is 11.8. The highest BCUT2D eigenvalue weighted by Crippen LogP contribution is 2.39. The molecule has 0 aromatic heterocycles. The second-order valence-electron chi connectivity index (χ2n) is 8.48. The lowest BCUT2D eigenvalue weighted by Gasteiger charge is -2.25. The molecule has 1 N–H and O–H groups in total. The molecular weight excluding hydrogens is 364 g/mol. The minimum atomic E-state index is -0.645. The molecule has 1 saturated heterocycles. The minimum Gasteiger partial charge on any atom is -0.465 e. The molecule has 1 heterocycles. The van der Waals surface area contributed by atoms with Crippen molar-refractivity contribution in [1.29, 1.82) is 0 Å². The summed E-state index contributed by atoms with van der Waals surface area (Å²) in [5.74, 6) is 0.534. The van der Waals surface area contributed by atoms with Gasteiger partial charge in [0.1, 0.15) is 0 Å². The van der Waals surface area contributed by atoms with Gasteiger partial charge in [-0.05, 0) is 69.6 Å². The van der Waals surface area contributed by atoms with E-state index in [1.54, 1.807) is 0 Å². The summed E-state index contributed by atoms with van der Waals surface area (Å²) >= 11 is 0. The molecule has 3 rings (SSSR count). The Kier molecular flexibility index (Phi) is 8.40. The van der Waals surface area contributed by atoms with E-state index in [9.17, 15) is 14.7 Å². The van der Waals surface area contributed by atoms with E-state index in [0.29, 0.717) is 57.2 Å². The van der Waals surface area contributed by atoms with Crippen LogP contribution >= 0.6 is 0 Å². The van der Waals surface area contributed by atoms with Crippen molar-refractivity contribution in [2.24, 2.45) is 11.8 Å². The van der Waals surface area contributed by atoms with E-state index in [0.717, 1.165) is 51.4 Å². The monoisotopic (exact) mass is 398 g/mol. The lowest BCUT2D eigenvalue weighted by Crippen LogP contribution is -2.24. The van der Waals surface area contributed by atoms with E-state index in [1.807, 2.05) is 0 Å². The van der Waals surface area contributed by atoms with Gasteiger partial charge in [-0.2, -0.15) is 0 Å². The van der Waals surface area contributed by atoms with Gasteiger partial charge in [0.15, 0.2) is 0 Å². The molecule has 5 atom stereocenters. The van der Waals surface area contributed by atoms with Crippen LogP contribution in [0.25, 0.3) is 0 Å². The van der Waals surface area contributed by atoms with Crippen molar-refractivity contribution >= 4 is 12.1 Å². The van der Waals surface area contributed by atoms with Crippen molar-refractivity contribution in [3.05, 3.63) is 0 Å². The van der Waals surface area contributed by atoms with Crippen LogP contribution in [0.3, 0.4) is 0 Å². The van der Waals surface area contributed by atoms with Crippen molar-refractivity contribution in [3.8, 4) is 0 Å². The van der Waals surface area contributed by atoms with Crippen LogP contribution in [0.5, 0.6) is 0 Å². The number of aliphatic hydroxyl groups excluding tert-OH is 1. The molecule has 3 fully saturated rings. The topological polar surface area (TPSA) is 94.6 Å². The lowest BCUT2D eigenvalue weighted by atomic mass is 9.88. The Morgan fingerprint density at radius 1 is 0.857 bits per heavy atom. The number of fused-ring (bicyclic) bond motifs is 1. The Labute approximate surface area is 167 Å². The Bertz CT molecular complexity index is 483. The molecule has 2 aliphatic carbocycles. The fourth-order valence-corrected chi connectivity index (χ4v) is 4.27. The maximum Gasteiger partial charge on any atom is 0.508 e. The molecule has 160 valence electrons. The highest BCUT2D eigenvalue weighted by atomic mass is 16.7. The van der Waals surface area contributed by atoms with Gasteiger partial charge < -0.3 is 24.1 Å². The van der Waals surface area contributed by atoms with Gasteiger partial charge in [0, 0.05) is 6.42 Å². The molecule has 0 amide bonds. The van der Waals surface area contributed by atoms with E-state index in [-0.39, 0.29) is 18.0 Å². The third kappa shape index (κ3) is 7.59. The highest BCUT2D eigenvalue weighted by Gasteiger charge is 2.43. The van der Waals surface area contributed by atoms with E-state index >= 15 is 0 Å². The van der Waals surface area contributed by atoms with Crippen LogP contribution in [-0.4, -0.2) is 55.4 Å². The fraction of sp³-hybridized carbons (Fsp3) is 0.905. The number of unbranched alkanes of at least 4 members (excludes halogenated alkanes) is 2. The first-order valence-corrected chi connectivity index (χ1v) is 10.9. The van der Waals surface area contributed by atoms with Gasteiger partial charge in [0.05, 0.1) is 38.1 Å². The zero-order chi connectivity index (χ0) is 19.8. The number of hydrogen-bond acceptors (Lipinski definition) is 7. The maximum absolute atomic E-state index is 11.8. The van der Waals surface area contributed by atoms with Gasteiger partial charge in [-0.25, -0.2) is 4.79 Å². The largest absolute Gasteiger partial charge is 0.508 e. The predicted octanol–water partition coefficient (Wildman–Crippen LogP) is 3.36. The summed E-state index contributed by atoms with van der Waals surface area (Å²) in [6, 6.07) is 0. The number of rotatable bonds is 10. The predicted molar refractivity (Wildman–Crippen MR) is 101 cm³/mol. The molecular formula is C21H34O7. The van der Waals surface area contributed by atoms with Gasteiger partial charge in [-0.15, -0.1) is 0 Å². The quantitative estimate of drug-likeness (QED) is 0.342. The molecule has 5 unspecified atom stereocenters. The van der Waals surface area contributed by atoms with Crippen LogP contribution in [0.15, 0.2) is 0 Å². The first-order chi connectivity index (χ1) is 13.6. The Balaban J connectivity index is 1.11. The number of ether oxygens (including phenoxy) is 4. The Morgan fingerprint density at radius 2 is 1.68 bits per heavy atom. The third-order valence-electron chi connectivity index (χ3n) is 6.03. The third-order valence-corrected chi connectivity index (χ3v) is 6.03. The van der Waals surface area contributed by atoms with Crippen molar-refractivity contribution in [1.82, 2.24) is 0 Å². The zero-order valence-corrected chi connectivity index (χ0v) is 16.7. The molecule has 2 saturated carbocycles. The van der Waals surface area contributed by atoms with Crippen LogP contribution in [-0.2, 0) is 23.7 Å². The zero-order valence-electron chi connectivity index (χ0n) is 16.7. The molecule has 28 heavy (non-hydrogen) atoms. The lowest BCUT2D eigenvalue weighted by molar-refractivity contribution is -0.145. The van der Waals surface area contributed by atoms with Crippen LogP contribution in [0.4, 0.5) is 4.79 Å². The van der Waals surface area contributed by atoms with Crippen molar-refractivity contribution in [2.75, 3.05) is 19.8 Å². The fourth-order valence-electron chi connectivity index (χ4n) is 4.27. The minimum absolute atomic E-state index is 0.145. The number of epoxide rings is 1. The van der Waals surface area contributed by atoms with Crippen LogP contribution < -0.4 is 0 Å². The SMILES string of the molecule is O=C(CCCCCOC(=O)OCC1CCCC(O)C1)OCC1CCC2OC2C1. The molecule has 0 spiro atoms. The van der Waals surface area contributed by atoms with Gasteiger partial charge >= 0.3 is 12.1 Å². The van der Waals surface area contributed by atoms with Crippen LogP contribution in [0, 0.1) is 11.8 Å². The second-order valence-corrected chi connectivity index (χ2v) is 8.48. The van der Waals surface area contributed by atoms with Crippen LogP contribution in [0.2, 0.25) is 0 Å². The molecule has 0 radical (unpaired) electrons. The molecule has 3 aliphatic rings. The van der Waals surface area contributed by atoms with E-state index in [1.165, 1.54) is 0 Å². The van der Waals surface area contributed by atoms with Crippen molar-refractivity contribution in [2.45, 2.75) is 88.9 Å². The van der Waals surface area contributed by atoms with Crippen molar-refractivity contribution in [3.63, 3.8) is 0 Å². The molecule has 7 nitrogen and oxygen atoms in total. The van der Waals surface area contributed by atoms with Crippen molar-refractivity contribution < 1.29 is 33.6 Å². The molecule has 0 aromatic rings. The summed E-state index contributed by atoms with van der Waals surface area (Å²) in [7, 11) is 0. The molecule has 0 bridgehead atoms. The van der Waals surface area contributed by atoms with E-state index in [4.69, 9.17) is 18.9 Å². The van der Waals surface area contributed by atoms with Crippen LogP contribution in [0.1, 0.15) is 70.6 Å². The molecule has 0 aromatic carbocycles. The Hall–Kier alpha value is -1.34. The second kappa shape index (κ2) is 11.0. The smallest absolute Gasteiger partial charge is 0.465 e.